The lowest BCUT2D eigenvalue weighted by Crippen LogP contribution is -1.98. The molecule has 2 aromatic heterocycles. The Kier molecular flexibility index (Phi) is 4.48. The number of hydrogen-bond acceptors (Lipinski definition) is 5. The Labute approximate surface area is 133 Å². The second-order valence-corrected chi connectivity index (χ2v) is 7.22. The zero-order chi connectivity index (χ0) is 14.7. The molecule has 0 aliphatic rings. The van der Waals surface area contributed by atoms with Crippen molar-refractivity contribution in [1.82, 2.24) is 4.98 Å². The van der Waals surface area contributed by atoms with Crippen molar-refractivity contribution in [2.45, 2.75) is 4.34 Å². The summed E-state index contributed by atoms with van der Waals surface area (Å²) in [6, 6.07) is 9.95. The SMILES string of the molecule is O=C(CSc1nc(-c2ccc(F)cc2)cs1)c1cccs1. The smallest absolute Gasteiger partial charge is 0.183 e. The zero-order valence-corrected chi connectivity index (χ0v) is 13.2. The second-order valence-electron chi connectivity index (χ2n) is 4.19. The molecule has 0 saturated carbocycles. The zero-order valence-electron chi connectivity index (χ0n) is 10.8. The van der Waals surface area contributed by atoms with Crippen molar-refractivity contribution in [1.29, 1.82) is 0 Å². The number of benzene rings is 1. The van der Waals surface area contributed by atoms with Crippen LogP contribution in [0.2, 0.25) is 0 Å². The number of thioether (sulfide) groups is 1. The first-order chi connectivity index (χ1) is 10.2. The Morgan fingerprint density at radius 3 is 2.71 bits per heavy atom. The van der Waals surface area contributed by atoms with E-state index in [4.69, 9.17) is 0 Å². The maximum atomic E-state index is 12.9. The molecule has 0 radical (unpaired) electrons. The number of ketones is 1. The molecule has 0 saturated heterocycles. The predicted octanol–water partition coefficient (Wildman–Crippen LogP) is 4.99. The van der Waals surface area contributed by atoms with Crippen LogP contribution >= 0.6 is 34.4 Å². The van der Waals surface area contributed by atoms with Crippen molar-refractivity contribution in [3.8, 4) is 11.3 Å². The molecule has 0 unspecified atom stereocenters. The van der Waals surface area contributed by atoms with E-state index in [1.165, 1.54) is 46.6 Å². The number of aromatic nitrogens is 1. The molecule has 106 valence electrons. The third-order valence-corrected chi connectivity index (χ3v) is 5.68. The molecule has 0 amide bonds. The van der Waals surface area contributed by atoms with E-state index < -0.39 is 0 Å². The average Bonchev–Trinajstić information content (AvgIpc) is 3.17. The van der Waals surface area contributed by atoms with Crippen LogP contribution in [0.25, 0.3) is 11.3 Å². The molecule has 1 aromatic carbocycles. The molecule has 2 nitrogen and oxygen atoms in total. The van der Waals surface area contributed by atoms with Gasteiger partial charge in [0.05, 0.1) is 16.3 Å². The highest BCUT2D eigenvalue weighted by atomic mass is 32.2. The van der Waals surface area contributed by atoms with Gasteiger partial charge in [0, 0.05) is 10.9 Å². The fraction of sp³-hybridized carbons (Fsp3) is 0.0667. The van der Waals surface area contributed by atoms with Gasteiger partial charge in [0.15, 0.2) is 10.1 Å². The predicted molar refractivity (Wildman–Crippen MR) is 86.9 cm³/mol. The number of hydrogen-bond donors (Lipinski definition) is 0. The van der Waals surface area contributed by atoms with E-state index in [1.54, 1.807) is 12.1 Å². The van der Waals surface area contributed by atoms with Crippen molar-refractivity contribution in [2.75, 3.05) is 5.75 Å². The van der Waals surface area contributed by atoms with E-state index in [9.17, 15) is 9.18 Å². The van der Waals surface area contributed by atoms with Crippen LogP contribution in [0.4, 0.5) is 4.39 Å². The molecule has 0 aliphatic heterocycles. The van der Waals surface area contributed by atoms with Gasteiger partial charge >= 0.3 is 0 Å². The Hall–Kier alpha value is -1.50. The molecule has 3 aromatic rings. The molecule has 3 rings (SSSR count). The molecular formula is C15H10FNOS3. The number of thiazole rings is 1. The molecule has 0 spiro atoms. The van der Waals surface area contributed by atoms with Gasteiger partial charge < -0.3 is 0 Å². The highest BCUT2D eigenvalue weighted by Gasteiger charge is 2.10. The van der Waals surface area contributed by atoms with Gasteiger partial charge in [-0.05, 0) is 35.7 Å². The van der Waals surface area contributed by atoms with Crippen molar-refractivity contribution in [2.24, 2.45) is 0 Å². The van der Waals surface area contributed by atoms with Crippen LogP contribution in [0.5, 0.6) is 0 Å². The number of rotatable bonds is 5. The van der Waals surface area contributed by atoms with Gasteiger partial charge in [0.1, 0.15) is 5.82 Å². The minimum atomic E-state index is -0.259. The maximum absolute atomic E-state index is 12.9. The molecule has 0 bridgehead atoms. The molecule has 0 N–H and O–H groups in total. The monoisotopic (exact) mass is 335 g/mol. The summed E-state index contributed by atoms with van der Waals surface area (Å²) in [6.45, 7) is 0. The highest BCUT2D eigenvalue weighted by molar-refractivity contribution is 8.01. The number of carbonyl (C=O) groups is 1. The van der Waals surface area contributed by atoms with Crippen molar-refractivity contribution >= 4 is 40.2 Å². The number of thiophene rings is 1. The van der Waals surface area contributed by atoms with Crippen LogP contribution in [-0.2, 0) is 0 Å². The fourth-order valence-electron chi connectivity index (χ4n) is 1.71. The molecule has 0 aliphatic carbocycles. The quantitative estimate of drug-likeness (QED) is 0.486. The standard InChI is InChI=1S/C15H10FNOS3/c16-11-5-3-10(4-6-11)12-8-20-15(17-12)21-9-13(18)14-2-1-7-19-14/h1-8H,9H2. The summed E-state index contributed by atoms with van der Waals surface area (Å²) in [6.07, 6.45) is 0. The summed E-state index contributed by atoms with van der Waals surface area (Å²) < 4.78 is 13.7. The largest absolute Gasteiger partial charge is 0.292 e. The van der Waals surface area contributed by atoms with E-state index in [1.807, 2.05) is 22.9 Å². The minimum Gasteiger partial charge on any atom is -0.292 e. The highest BCUT2D eigenvalue weighted by Crippen LogP contribution is 2.29. The van der Waals surface area contributed by atoms with Crippen LogP contribution in [0.1, 0.15) is 9.67 Å². The van der Waals surface area contributed by atoms with Crippen LogP contribution in [-0.4, -0.2) is 16.5 Å². The molecule has 0 atom stereocenters. The summed E-state index contributed by atoms with van der Waals surface area (Å²) in [4.78, 5) is 17.2. The number of carbonyl (C=O) groups excluding carboxylic acids is 1. The summed E-state index contributed by atoms with van der Waals surface area (Å²) >= 11 is 4.39. The van der Waals surface area contributed by atoms with Crippen LogP contribution in [0.3, 0.4) is 0 Å². The number of halogens is 1. The lowest BCUT2D eigenvalue weighted by atomic mass is 10.2. The lowest BCUT2D eigenvalue weighted by Gasteiger charge is -1.96. The first-order valence-corrected chi connectivity index (χ1v) is 8.88. The Bertz CT molecular complexity index is 735. The van der Waals surface area contributed by atoms with Crippen LogP contribution in [0.15, 0.2) is 51.5 Å². The van der Waals surface area contributed by atoms with Gasteiger partial charge in [0.2, 0.25) is 0 Å². The van der Waals surface area contributed by atoms with Crippen LogP contribution in [0, 0.1) is 5.82 Å². The normalized spacial score (nSPS) is 10.7. The molecule has 2 heterocycles. The van der Waals surface area contributed by atoms with Gasteiger partial charge in [-0.2, -0.15) is 0 Å². The van der Waals surface area contributed by atoms with E-state index in [-0.39, 0.29) is 11.6 Å². The van der Waals surface area contributed by atoms with Crippen LogP contribution < -0.4 is 0 Å². The lowest BCUT2D eigenvalue weighted by molar-refractivity contribution is 0.102. The van der Waals surface area contributed by atoms with Crippen molar-refractivity contribution in [3.05, 3.63) is 57.9 Å². The second kappa shape index (κ2) is 6.51. The molecule has 6 heteroatoms. The van der Waals surface area contributed by atoms with E-state index in [0.717, 1.165) is 20.5 Å². The summed E-state index contributed by atoms with van der Waals surface area (Å²) in [5, 5.41) is 3.82. The summed E-state index contributed by atoms with van der Waals surface area (Å²) in [5.41, 5.74) is 1.69. The van der Waals surface area contributed by atoms with Gasteiger partial charge in [0.25, 0.3) is 0 Å². The fourth-order valence-corrected chi connectivity index (χ4v) is 4.19. The van der Waals surface area contributed by atoms with E-state index in [0.29, 0.717) is 5.75 Å². The average molecular weight is 335 g/mol. The topological polar surface area (TPSA) is 30.0 Å². The summed E-state index contributed by atoms with van der Waals surface area (Å²) in [7, 11) is 0. The van der Waals surface area contributed by atoms with Crippen molar-refractivity contribution < 1.29 is 9.18 Å². The first kappa shape index (κ1) is 14.4. The third kappa shape index (κ3) is 3.58. The number of nitrogens with zero attached hydrogens (tertiary/aromatic N) is 1. The third-order valence-electron chi connectivity index (χ3n) is 2.75. The summed E-state index contributed by atoms with van der Waals surface area (Å²) in [5.74, 6) is 0.246. The van der Waals surface area contributed by atoms with Crippen molar-refractivity contribution in [3.63, 3.8) is 0 Å². The first-order valence-electron chi connectivity index (χ1n) is 6.13. The van der Waals surface area contributed by atoms with E-state index >= 15 is 0 Å². The number of Topliss-reactive ketones (excluding diaryl/α,β-unsaturated/α-hetero) is 1. The maximum Gasteiger partial charge on any atom is 0.183 e. The van der Waals surface area contributed by atoms with Gasteiger partial charge in [-0.15, -0.1) is 22.7 Å². The Morgan fingerprint density at radius 1 is 1.19 bits per heavy atom. The minimum absolute atomic E-state index is 0.119. The molecule has 0 fully saturated rings. The van der Waals surface area contributed by atoms with Gasteiger partial charge in [-0.3, -0.25) is 4.79 Å². The Balaban J connectivity index is 1.65. The Morgan fingerprint density at radius 2 is 2.00 bits per heavy atom. The van der Waals surface area contributed by atoms with E-state index in [2.05, 4.69) is 4.98 Å². The van der Waals surface area contributed by atoms with Gasteiger partial charge in [-0.1, -0.05) is 17.8 Å². The molecular weight excluding hydrogens is 325 g/mol. The van der Waals surface area contributed by atoms with Gasteiger partial charge in [-0.25, -0.2) is 9.37 Å². The molecule has 21 heavy (non-hydrogen) atoms.